The molecule has 0 unspecified atom stereocenters. The number of amides is 7. The average molecular weight is 1320 g/mol. The summed E-state index contributed by atoms with van der Waals surface area (Å²) in [5, 5.41) is 54.8. The first-order chi connectivity index (χ1) is 44.2. The minimum absolute atomic E-state index is 0.00234. The standard InChI is InChI=1S/C61H83N19O9S3/c1-33-49(78-54(80-52(33)65)42(27-47(64)82)72-29-39(63)53(66)84)59(89)75-43(26-37-28-71-40-16-8-7-15-38(37)40)57(87)74-41(25-36-13-5-4-6-14-36)51(83)34(2)55(85)79-50(35(3)81)58(88)70-24-17-48-73-45(31-90-48)60-77-46(32-92-60)61-76-44(30-91-61)56(86)69-23-12-22-68-20-10-9-19-67-21-11-18-62/h4-8,13-16,28,30-32,34-35,39,41-43,50-51,67-68,71-72,81,83H,9-12,17-27,29,62-63H2,1-3H3,(H2,64,82)(H2,66,84)(H,69,86)(H,70,88)(H,74,87)(H,75,89)(H,79,85)(H2,65,78,80)/t34-,35+,39-,41+,42-,43-,50-,51-/m0/s1. The number of aliphatic hydroxyl groups is 2. The predicted octanol–water partition coefficient (Wildman–Crippen LogP) is 0.589. The molecule has 21 N–H and O–H groups in total. The number of aliphatic hydroxyl groups excluding tert-OH is 2. The maximum absolute atomic E-state index is 14.9. The first kappa shape index (κ1) is 71.2. The molecule has 5 heterocycles. The van der Waals surface area contributed by atoms with Crippen LogP contribution in [0, 0.1) is 12.8 Å². The number of aromatic amines is 1. The molecule has 7 aromatic rings. The van der Waals surface area contributed by atoms with E-state index in [1.165, 1.54) is 54.8 Å². The molecule has 0 aliphatic heterocycles. The number of rotatable bonds is 39. The summed E-state index contributed by atoms with van der Waals surface area (Å²) in [5.41, 5.74) is 32.1. The number of aromatic nitrogens is 6. The second-order valence-corrected chi connectivity index (χ2v) is 24.8. The Morgan fingerprint density at radius 2 is 1.36 bits per heavy atom. The van der Waals surface area contributed by atoms with Crippen LogP contribution in [0.3, 0.4) is 0 Å². The fraction of sp³-hybridized carbons (Fsp3) is 0.443. The molecule has 0 spiro atoms. The van der Waals surface area contributed by atoms with Gasteiger partial charge < -0.3 is 86.4 Å². The summed E-state index contributed by atoms with van der Waals surface area (Å²) >= 11 is 4.07. The van der Waals surface area contributed by atoms with E-state index in [9.17, 15) is 43.8 Å². The summed E-state index contributed by atoms with van der Waals surface area (Å²) < 4.78 is 0. The number of primary amides is 2. The van der Waals surface area contributed by atoms with Crippen molar-refractivity contribution >= 4 is 92.1 Å². The maximum atomic E-state index is 14.9. The average Bonchev–Trinajstić information content (AvgIpc) is 1.72. The molecular weight excluding hydrogens is 1240 g/mol. The van der Waals surface area contributed by atoms with E-state index < -0.39 is 83.8 Å². The van der Waals surface area contributed by atoms with Crippen LogP contribution >= 0.6 is 34.0 Å². The Balaban J connectivity index is 0.963. The van der Waals surface area contributed by atoms with Gasteiger partial charge in [-0.3, -0.25) is 33.6 Å². The highest BCUT2D eigenvalue weighted by atomic mass is 32.1. The zero-order chi connectivity index (χ0) is 66.3. The second-order valence-electron chi connectivity index (χ2n) is 22.2. The molecule has 5 aromatic heterocycles. The number of carbonyl (C=O) groups excluding carboxylic acids is 7. The monoisotopic (exact) mass is 1320 g/mol. The van der Waals surface area contributed by atoms with E-state index >= 15 is 0 Å². The van der Waals surface area contributed by atoms with Gasteiger partial charge in [0.05, 0.1) is 41.3 Å². The lowest BCUT2D eigenvalue weighted by Gasteiger charge is -2.31. The van der Waals surface area contributed by atoms with Gasteiger partial charge in [0, 0.05) is 77.7 Å². The molecule has 0 saturated heterocycles. The number of nitrogen functional groups attached to an aromatic ring is 1. The topological polar surface area (TPSA) is 467 Å². The highest BCUT2D eigenvalue weighted by Crippen LogP contribution is 2.32. The minimum Gasteiger partial charge on any atom is -0.391 e. The lowest BCUT2D eigenvalue weighted by molar-refractivity contribution is -0.136. The van der Waals surface area contributed by atoms with Gasteiger partial charge in [-0.15, -0.1) is 34.0 Å². The van der Waals surface area contributed by atoms with Gasteiger partial charge in [0.2, 0.25) is 29.5 Å². The molecule has 7 rings (SSSR count). The number of nitrogens with zero attached hydrogens (tertiary/aromatic N) is 5. The van der Waals surface area contributed by atoms with Gasteiger partial charge >= 0.3 is 0 Å². The lowest BCUT2D eigenvalue weighted by Crippen LogP contribution is -2.58. The molecule has 494 valence electrons. The van der Waals surface area contributed by atoms with Crippen molar-refractivity contribution in [2.24, 2.45) is 28.9 Å². The Bertz CT molecular complexity index is 3580. The fourth-order valence-electron chi connectivity index (χ4n) is 9.71. The summed E-state index contributed by atoms with van der Waals surface area (Å²) in [5.74, 6) is -6.57. The van der Waals surface area contributed by atoms with Crippen LogP contribution in [0.15, 0.2) is 76.9 Å². The molecule has 0 bridgehead atoms. The maximum Gasteiger partial charge on any atom is 0.271 e. The number of thiazole rings is 3. The van der Waals surface area contributed by atoms with E-state index in [0.29, 0.717) is 62.7 Å². The fourth-order valence-corrected chi connectivity index (χ4v) is 12.2. The summed E-state index contributed by atoms with van der Waals surface area (Å²) in [6, 6.07) is 9.96. The number of nitrogens with one attached hydrogen (secondary N) is 9. The third kappa shape index (κ3) is 20.9. The quantitative estimate of drug-likeness (QED) is 0.0234. The van der Waals surface area contributed by atoms with Gasteiger partial charge in [-0.25, -0.2) is 24.9 Å². The van der Waals surface area contributed by atoms with Crippen molar-refractivity contribution in [3.05, 3.63) is 116 Å². The van der Waals surface area contributed by atoms with Crippen LogP contribution in [-0.4, -0.2) is 170 Å². The number of H-pyrrole nitrogens is 1. The van der Waals surface area contributed by atoms with Crippen molar-refractivity contribution in [3.8, 4) is 21.4 Å². The summed E-state index contributed by atoms with van der Waals surface area (Å²) in [4.78, 5) is 120. The highest BCUT2D eigenvalue weighted by Gasteiger charge is 2.36. The summed E-state index contributed by atoms with van der Waals surface area (Å²) in [7, 11) is 0. The smallest absolute Gasteiger partial charge is 0.271 e. The van der Waals surface area contributed by atoms with Crippen LogP contribution in [-0.2, 0) is 43.2 Å². The third-order valence-corrected chi connectivity index (χ3v) is 17.7. The SMILES string of the molecule is Cc1c(N)nc([C@H](CC(N)=O)NC[C@H](N)C(N)=O)nc1C(=O)N[C@@H](Cc1c[nH]c2ccccc12)C(=O)N[C@H](Cc1ccccc1)[C@@H](O)[C@H](C)C(=O)N[C@H](C(=O)NCCc1nc(-c2nc(-c3nc(C(=O)NCCCNCCCCNCCCN)cs3)cs2)cs1)[C@@H](C)O. The molecule has 0 radical (unpaired) electrons. The number of fused-ring (bicyclic) bond motifs is 1. The van der Waals surface area contributed by atoms with E-state index in [0.717, 1.165) is 62.8 Å². The molecule has 31 heteroatoms. The Morgan fingerprint density at radius 1 is 0.685 bits per heavy atom. The van der Waals surface area contributed by atoms with Crippen LogP contribution in [0.2, 0.25) is 0 Å². The second kappa shape index (κ2) is 35.5. The van der Waals surface area contributed by atoms with Crippen LogP contribution in [0.25, 0.3) is 32.3 Å². The van der Waals surface area contributed by atoms with Gasteiger partial charge in [0.25, 0.3) is 11.8 Å². The number of hydrogen-bond donors (Lipinski definition) is 16. The van der Waals surface area contributed by atoms with Crippen molar-refractivity contribution < 1.29 is 43.8 Å². The van der Waals surface area contributed by atoms with Crippen LogP contribution in [0.5, 0.6) is 0 Å². The van der Waals surface area contributed by atoms with E-state index in [2.05, 4.69) is 62.5 Å². The Kier molecular flexibility index (Phi) is 27.5. The largest absolute Gasteiger partial charge is 0.391 e. The number of hydrogen-bond acceptors (Lipinski definition) is 23. The molecule has 0 aliphatic rings. The number of carbonyl (C=O) groups is 7. The molecule has 8 atom stereocenters. The van der Waals surface area contributed by atoms with Crippen molar-refractivity contribution in [2.45, 2.75) is 115 Å². The van der Waals surface area contributed by atoms with Crippen LogP contribution in [0.1, 0.15) is 100 Å². The lowest BCUT2D eigenvalue weighted by atomic mass is 9.91. The molecule has 0 saturated carbocycles. The molecule has 2 aromatic carbocycles. The van der Waals surface area contributed by atoms with Gasteiger partial charge in [0.15, 0.2) is 0 Å². The van der Waals surface area contributed by atoms with E-state index in [4.69, 9.17) is 38.6 Å². The zero-order valence-electron chi connectivity index (χ0n) is 51.5. The molecule has 28 nitrogen and oxygen atoms in total. The van der Waals surface area contributed by atoms with E-state index in [-0.39, 0.29) is 61.2 Å². The first-order valence-corrected chi connectivity index (χ1v) is 33.0. The van der Waals surface area contributed by atoms with Crippen molar-refractivity contribution in [1.82, 2.24) is 72.4 Å². The van der Waals surface area contributed by atoms with Crippen molar-refractivity contribution in [1.29, 1.82) is 0 Å². The third-order valence-electron chi connectivity index (χ3n) is 15.0. The van der Waals surface area contributed by atoms with Crippen LogP contribution in [0.4, 0.5) is 5.82 Å². The Hall–Kier alpha value is -8.24. The summed E-state index contributed by atoms with van der Waals surface area (Å²) in [6.07, 6.45) is 2.45. The summed E-state index contributed by atoms with van der Waals surface area (Å²) in [6.45, 7) is 8.98. The van der Waals surface area contributed by atoms with Crippen molar-refractivity contribution in [3.63, 3.8) is 0 Å². The normalized spacial score (nSPS) is 14.1. The van der Waals surface area contributed by atoms with Gasteiger partial charge in [-0.1, -0.05) is 55.5 Å². The van der Waals surface area contributed by atoms with E-state index in [1.807, 2.05) is 35.0 Å². The molecule has 7 amide bonds. The number of unbranched alkanes of at least 4 members (excludes halogenated alkanes) is 1. The molecule has 0 aliphatic carbocycles. The van der Waals surface area contributed by atoms with Gasteiger partial charge in [-0.05, 0) is 95.9 Å². The van der Waals surface area contributed by atoms with Crippen LogP contribution < -0.4 is 71.2 Å². The highest BCUT2D eigenvalue weighted by molar-refractivity contribution is 7.16. The minimum atomic E-state index is -1.62. The molecular formula is C61H83N19O9S3. The number of benzene rings is 2. The predicted molar refractivity (Wildman–Crippen MR) is 354 cm³/mol. The van der Waals surface area contributed by atoms with Gasteiger partial charge in [0.1, 0.15) is 56.5 Å². The molecule has 92 heavy (non-hydrogen) atoms. The Morgan fingerprint density at radius 3 is 2.08 bits per heavy atom. The number of para-hydroxylation sites is 1. The number of nitrogens with two attached hydrogens (primary N) is 5. The van der Waals surface area contributed by atoms with Gasteiger partial charge in [-0.2, -0.15) is 0 Å². The number of anilines is 1. The first-order valence-electron chi connectivity index (χ1n) is 30.3. The van der Waals surface area contributed by atoms with E-state index in [1.54, 1.807) is 41.9 Å². The van der Waals surface area contributed by atoms with Crippen molar-refractivity contribution in [2.75, 3.05) is 58.1 Å². The zero-order valence-corrected chi connectivity index (χ0v) is 54.0. The Labute approximate surface area is 544 Å². The molecule has 0 fully saturated rings.